The first-order valence-corrected chi connectivity index (χ1v) is 9.16. The molecule has 25 heavy (non-hydrogen) atoms. The van der Waals surface area contributed by atoms with Crippen LogP contribution in [0.1, 0.15) is 37.9 Å². The van der Waals surface area contributed by atoms with Gasteiger partial charge < -0.3 is 9.73 Å². The molecule has 1 aromatic carbocycles. The van der Waals surface area contributed by atoms with Gasteiger partial charge in [0.2, 0.25) is 5.91 Å². The van der Waals surface area contributed by atoms with E-state index in [0.29, 0.717) is 10.0 Å². The standard InChI is InChI=1S/C18H20ClN3O2S/c1-10-16(19)17(25-22-10)21-14(23)8-11-5-6-13-12(7-11)20-15(24-13)9-18(2,3)4/h5-7H,8-9H2,1-4H3,(H,21,23). The second-order valence-electron chi connectivity index (χ2n) is 7.28. The maximum atomic E-state index is 12.2. The van der Waals surface area contributed by atoms with E-state index < -0.39 is 0 Å². The van der Waals surface area contributed by atoms with Crippen LogP contribution < -0.4 is 5.32 Å². The fourth-order valence-electron chi connectivity index (χ4n) is 2.45. The summed E-state index contributed by atoms with van der Waals surface area (Å²) in [5.74, 6) is 0.583. The molecule has 0 aliphatic carbocycles. The summed E-state index contributed by atoms with van der Waals surface area (Å²) in [5, 5.41) is 3.89. The smallest absolute Gasteiger partial charge is 0.229 e. The van der Waals surface area contributed by atoms with Gasteiger partial charge in [0.05, 0.1) is 17.1 Å². The summed E-state index contributed by atoms with van der Waals surface area (Å²) < 4.78 is 9.90. The molecule has 0 saturated carbocycles. The minimum absolute atomic E-state index is 0.107. The Morgan fingerprint density at radius 1 is 1.36 bits per heavy atom. The van der Waals surface area contributed by atoms with Gasteiger partial charge in [-0.05, 0) is 41.6 Å². The quantitative estimate of drug-likeness (QED) is 0.693. The van der Waals surface area contributed by atoms with Crippen LogP contribution in [-0.4, -0.2) is 15.3 Å². The van der Waals surface area contributed by atoms with Crippen LogP contribution in [0.5, 0.6) is 0 Å². The summed E-state index contributed by atoms with van der Waals surface area (Å²) in [6.45, 7) is 8.24. The lowest BCUT2D eigenvalue weighted by atomic mass is 9.92. The van der Waals surface area contributed by atoms with Crippen molar-refractivity contribution in [2.24, 2.45) is 5.41 Å². The average molecular weight is 378 g/mol. The molecule has 0 spiro atoms. The Morgan fingerprint density at radius 3 is 2.76 bits per heavy atom. The van der Waals surface area contributed by atoms with Crippen molar-refractivity contribution in [2.75, 3.05) is 5.32 Å². The number of rotatable bonds is 4. The Kier molecular flexibility index (Phi) is 4.84. The fraction of sp³-hybridized carbons (Fsp3) is 0.389. The number of carbonyl (C=O) groups is 1. The van der Waals surface area contributed by atoms with Crippen molar-refractivity contribution in [3.63, 3.8) is 0 Å². The van der Waals surface area contributed by atoms with Crippen LogP contribution >= 0.6 is 23.1 Å². The number of benzene rings is 1. The fourth-order valence-corrected chi connectivity index (χ4v) is 3.40. The van der Waals surface area contributed by atoms with E-state index in [9.17, 15) is 4.79 Å². The molecule has 3 rings (SSSR count). The number of fused-ring (bicyclic) bond motifs is 1. The molecular weight excluding hydrogens is 358 g/mol. The Bertz CT molecular complexity index is 924. The molecule has 2 aromatic heterocycles. The third-order valence-corrected chi connectivity index (χ3v) is 5.01. The number of carbonyl (C=O) groups excluding carboxylic acids is 1. The van der Waals surface area contributed by atoms with E-state index in [-0.39, 0.29) is 17.7 Å². The number of amides is 1. The van der Waals surface area contributed by atoms with Gasteiger partial charge in [0, 0.05) is 6.42 Å². The lowest BCUT2D eigenvalue weighted by Crippen LogP contribution is -2.13. The summed E-state index contributed by atoms with van der Waals surface area (Å²) in [7, 11) is 0. The van der Waals surface area contributed by atoms with E-state index in [4.69, 9.17) is 16.0 Å². The third kappa shape index (κ3) is 4.38. The van der Waals surface area contributed by atoms with E-state index in [1.165, 1.54) is 11.5 Å². The third-order valence-electron chi connectivity index (χ3n) is 3.59. The zero-order valence-corrected chi connectivity index (χ0v) is 16.2. The first-order valence-electron chi connectivity index (χ1n) is 8.01. The summed E-state index contributed by atoms with van der Waals surface area (Å²) in [6, 6.07) is 5.64. The number of aromatic nitrogens is 2. The van der Waals surface area contributed by atoms with Crippen LogP contribution in [0.4, 0.5) is 5.00 Å². The highest BCUT2D eigenvalue weighted by Crippen LogP contribution is 2.29. The number of anilines is 1. The summed E-state index contributed by atoms with van der Waals surface area (Å²) in [5.41, 5.74) is 3.21. The summed E-state index contributed by atoms with van der Waals surface area (Å²) in [6.07, 6.45) is 1.01. The van der Waals surface area contributed by atoms with Crippen molar-refractivity contribution >= 4 is 45.1 Å². The second kappa shape index (κ2) is 6.77. The topological polar surface area (TPSA) is 68.0 Å². The Labute approximate surface area is 155 Å². The van der Waals surface area contributed by atoms with Gasteiger partial charge in [-0.1, -0.05) is 38.4 Å². The Morgan fingerprint density at radius 2 is 2.12 bits per heavy atom. The Balaban J connectivity index is 1.73. The van der Waals surface area contributed by atoms with Gasteiger partial charge >= 0.3 is 0 Å². The number of halogens is 1. The first-order chi connectivity index (χ1) is 11.7. The molecule has 7 heteroatoms. The zero-order chi connectivity index (χ0) is 18.2. The van der Waals surface area contributed by atoms with Crippen LogP contribution in [0.3, 0.4) is 0 Å². The van der Waals surface area contributed by atoms with Gasteiger partial charge in [-0.25, -0.2) is 4.98 Å². The molecule has 0 bridgehead atoms. The predicted octanol–water partition coefficient (Wildman–Crippen LogP) is 5.02. The molecule has 0 unspecified atom stereocenters. The minimum atomic E-state index is -0.136. The summed E-state index contributed by atoms with van der Waals surface area (Å²) in [4.78, 5) is 16.8. The van der Waals surface area contributed by atoms with Crippen molar-refractivity contribution < 1.29 is 9.21 Å². The van der Waals surface area contributed by atoms with E-state index in [0.717, 1.165) is 34.7 Å². The lowest BCUT2D eigenvalue weighted by molar-refractivity contribution is -0.115. The highest BCUT2D eigenvalue weighted by atomic mass is 35.5. The van der Waals surface area contributed by atoms with E-state index >= 15 is 0 Å². The highest BCUT2D eigenvalue weighted by molar-refractivity contribution is 7.11. The number of hydrogen-bond acceptors (Lipinski definition) is 5. The number of nitrogens with zero attached hydrogens (tertiary/aromatic N) is 2. The molecule has 1 N–H and O–H groups in total. The highest BCUT2D eigenvalue weighted by Gasteiger charge is 2.17. The van der Waals surface area contributed by atoms with Crippen LogP contribution in [-0.2, 0) is 17.6 Å². The minimum Gasteiger partial charge on any atom is -0.441 e. The molecular formula is C18H20ClN3O2S. The summed E-state index contributed by atoms with van der Waals surface area (Å²) >= 11 is 7.29. The van der Waals surface area contributed by atoms with Crippen molar-refractivity contribution in [3.8, 4) is 0 Å². The van der Waals surface area contributed by atoms with Gasteiger partial charge in [-0.15, -0.1) is 0 Å². The largest absolute Gasteiger partial charge is 0.441 e. The maximum absolute atomic E-state index is 12.2. The molecule has 0 radical (unpaired) electrons. The SMILES string of the molecule is Cc1nsc(NC(=O)Cc2ccc3oc(CC(C)(C)C)nc3c2)c1Cl. The van der Waals surface area contributed by atoms with Crippen LogP contribution in [0.2, 0.25) is 5.02 Å². The molecule has 132 valence electrons. The first kappa shape index (κ1) is 17.9. The monoisotopic (exact) mass is 377 g/mol. The molecule has 5 nitrogen and oxygen atoms in total. The number of aryl methyl sites for hydroxylation is 1. The molecule has 2 heterocycles. The average Bonchev–Trinajstić information content (AvgIpc) is 3.02. The zero-order valence-electron chi connectivity index (χ0n) is 14.6. The number of oxazole rings is 1. The molecule has 0 fully saturated rings. The van der Waals surface area contributed by atoms with Crippen molar-refractivity contribution in [2.45, 2.75) is 40.5 Å². The number of nitrogens with one attached hydrogen (secondary N) is 1. The van der Waals surface area contributed by atoms with Gasteiger partial charge in [-0.2, -0.15) is 4.37 Å². The van der Waals surface area contributed by atoms with E-state index in [2.05, 4.69) is 35.4 Å². The van der Waals surface area contributed by atoms with Crippen LogP contribution in [0.25, 0.3) is 11.1 Å². The van der Waals surface area contributed by atoms with Gasteiger partial charge in [0.25, 0.3) is 0 Å². The van der Waals surface area contributed by atoms with E-state index in [1.807, 2.05) is 25.1 Å². The molecule has 0 atom stereocenters. The van der Waals surface area contributed by atoms with Gasteiger partial charge in [0.1, 0.15) is 10.5 Å². The van der Waals surface area contributed by atoms with Crippen LogP contribution in [0, 0.1) is 12.3 Å². The molecule has 0 aliphatic rings. The van der Waals surface area contributed by atoms with Crippen molar-refractivity contribution in [3.05, 3.63) is 40.4 Å². The molecule has 0 aliphatic heterocycles. The normalized spacial score (nSPS) is 11.9. The molecule has 1 amide bonds. The van der Waals surface area contributed by atoms with Gasteiger partial charge in [-0.3, -0.25) is 4.79 Å². The molecule has 0 saturated heterocycles. The van der Waals surface area contributed by atoms with Gasteiger partial charge in [0.15, 0.2) is 11.5 Å². The number of hydrogen-bond donors (Lipinski definition) is 1. The second-order valence-corrected chi connectivity index (χ2v) is 8.43. The maximum Gasteiger partial charge on any atom is 0.229 e. The molecule has 3 aromatic rings. The van der Waals surface area contributed by atoms with Crippen molar-refractivity contribution in [1.82, 2.24) is 9.36 Å². The van der Waals surface area contributed by atoms with E-state index in [1.54, 1.807) is 0 Å². The van der Waals surface area contributed by atoms with Crippen molar-refractivity contribution in [1.29, 1.82) is 0 Å². The Hall–Kier alpha value is -1.92. The van der Waals surface area contributed by atoms with Crippen LogP contribution in [0.15, 0.2) is 22.6 Å². The predicted molar refractivity (Wildman–Crippen MR) is 101 cm³/mol. The lowest BCUT2D eigenvalue weighted by Gasteiger charge is -2.14.